The third-order valence-corrected chi connectivity index (χ3v) is 4.23. The first-order chi connectivity index (χ1) is 11.8. The highest BCUT2D eigenvalue weighted by molar-refractivity contribution is 5.57. The molecule has 1 saturated heterocycles. The normalized spacial score (nSPS) is 29.8. The van der Waals surface area contributed by atoms with Crippen LogP contribution in [0.1, 0.15) is 13.0 Å². The summed E-state index contributed by atoms with van der Waals surface area (Å²) in [5.74, 6) is -4.33. The van der Waals surface area contributed by atoms with E-state index in [0.717, 1.165) is 16.8 Å². The molecular weight excluding hydrogens is 343 g/mol. The Bertz CT molecular complexity index is 749. The van der Waals surface area contributed by atoms with Gasteiger partial charge in [-0.3, -0.25) is 0 Å². The first-order valence-corrected chi connectivity index (χ1v) is 7.52. The highest BCUT2D eigenvalue weighted by atomic mass is 19.2. The predicted molar refractivity (Wildman–Crippen MR) is 77.8 cm³/mol. The van der Waals surface area contributed by atoms with Crippen LogP contribution in [0.5, 0.6) is 0 Å². The summed E-state index contributed by atoms with van der Waals surface area (Å²) in [5, 5.41) is 37.3. The van der Waals surface area contributed by atoms with E-state index in [-0.39, 0.29) is 11.3 Å². The van der Waals surface area contributed by atoms with E-state index in [9.17, 15) is 28.5 Å². The second-order valence-electron chi connectivity index (χ2n) is 5.87. The minimum Gasteiger partial charge on any atom is -0.394 e. The molecule has 1 aromatic carbocycles. The Morgan fingerprint density at radius 2 is 1.80 bits per heavy atom. The van der Waals surface area contributed by atoms with E-state index in [1.54, 1.807) is 6.92 Å². The van der Waals surface area contributed by atoms with Crippen LogP contribution in [0.4, 0.5) is 13.2 Å². The number of rotatable bonds is 3. The molecule has 136 valence electrons. The van der Waals surface area contributed by atoms with Crippen molar-refractivity contribution < 1.29 is 33.2 Å². The number of aliphatic hydroxyl groups excluding tert-OH is 3. The van der Waals surface area contributed by atoms with Crippen molar-refractivity contribution in [1.82, 2.24) is 15.0 Å². The summed E-state index contributed by atoms with van der Waals surface area (Å²) in [6, 6.07) is 0.545. The van der Waals surface area contributed by atoms with Gasteiger partial charge in [-0.2, -0.15) is 0 Å². The van der Waals surface area contributed by atoms with Crippen molar-refractivity contribution in [2.24, 2.45) is 0 Å². The van der Waals surface area contributed by atoms with E-state index < -0.39 is 54.5 Å². The second kappa shape index (κ2) is 6.71. The van der Waals surface area contributed by atoms with Crippen LogP contribution in [0, 0.1) is 17.5 Å². The maximum absolute atomic E-state index is 13.4. The molecule has 2 aromatic rings. The Morgan fingerprint density at radius 1 is 1.16 bits per heavy atom. The highest BCUT2D eigenvalue weighted by Crippen LogP contribution is 2.31. The number of benzene rings is 1. The monoisotopic (exact) mass is 359 g/mol. The minimum absolute atomic E-state index is 0.0249. The number of aromatic nitrogens is 3. The lowest BCUT2D eigenvalue weighted by molar-refractivity contribution is -0.199. The molecule has 10 heteroatoms. The summed E-state index contributed by atoms with van der Waals surface area (Å²) in [6.45, 7) is 1.10. The van der Waals surface area contributed by atoms with Gasteiger partial charge >= 0.3 is 0 Å². The van der Waals surface area contributed by atoms with Gasteiger partial charge in [0.15, 0.2) is 17.5 Å². The number of aliphatic hydroxyl groups is 3. The van der Waals surface area contributed by atoms with E-state index in [1.807, 2.05) is 0 Å². The van der Waals surface area contributed by atoms with Gasteiger partial charge in [0, 0.05) is 5.56 Å². The van der Waals surface area contributed by atoms with Crippen LogP contribution < -0.4 is 0 Å². The second-order valence-corrected chi connectivity index (χ2v) is 5.87. The van der Waals surface area contributed by atoms with Gasteiger partial charge in [-0.05, 0) is 19.1 Å². The van der Waals surface area contributed by atoms with Gasteiger partial charge in [-0.25, -0.2) is 17.9 Å². The molecule has 5 atom stereocenters. The van der Waals surface area contributed by atoms with Crippen LogP contribution >= 0.6 is 0 Å². The van der Waals surface area contributed by atoms with Crippen molar-refractivity contribution in [2.75, 3.05) is 6.61 Å². The number of halogens is 3. The first kappa shape index (κ1) is 17.8. The molecule has 0 saturated carbocycles. The van der Waals surface area contributed by atoms with Crippen LogP contribution in [0.3, 0.4) is 0 Å². The van der Waals surface area contributed by atoms with Gasteiger partial charge in [0.25, 0.3) is 0 Å². The summed E-state index contributed by atoms with van der Waals surface area (Å²) in [5.41, 5.74) is -0.0256. The van der Waals surface area contributed by atoms with Crippen molar-refractivity contribution in [3.63, 3.8) is 0 Å². The predicted octanol–water partition coefficient (Wildman–Crippen LogP) is 0.405. The van der Waals surface area contributed by atoms with Crippen molar-refractivity contribution >= 4 is 0 Å². The molecule has 1 aliphatic heterocycles. The fraction of sp³-hybridized carbons (Fsp3) is 0.467. The zero-order valence-corrected chi connectivity index (χ0v) is 13.1. The van der Waals surface area contributed by atoms with E-state index in [0.29, 0.717) is 0 Å². The first-order valence-electron chi connectivity index (χ1n) is 7.52. The molecule has 0 bridgehead atoms. The lowest BCUT2D eigenvalue weighted by Crippen LogP contribution is -2.55. The highest BCUT2D eigenvalue weighted by Gasteiger charge is 2.44. The summed E-state index contributed by atoms with van der Waals surface area (Å²) in [6.07, 6.45) is -2.81. The quantitative estimate of drug-likeness (QED) is 0.686. The van der Waals surface area contributed by atoms with Crippen LogP contribution in [0.25, 0.3) is 11.3 Å². The standard InChI is InChI=1S/C15H16F3N3O4/c1-6-14(23)13(15(24)11(5-22)25-6)21-4-10(19-20-21)7-2-8(16)12(18)9(17)3-7/h2-4,6,11,13-15,22-24H,5H2,1H3/t6-,11?,13-,14?,15+/m1/s1. The summed E-state index contributed by atoms with van der Waals surface area (Å²) in [4.78, 5) is 0. The molecule has 2 heterocycles. The van der Waals surface area contributed by atoms with E-state index in [2.05, 4.69) is 10.3 Å². The van der Waals surface area contributed by atoms with E-state index in [4.69, 9.17) is 4.74 Å². The summed E-state index contributed by atoms with van der Waals surface area (Å²) < 4.78 is 46.2. The largest absolute Gasteiger partial charge is 0.394 e. The molecule has 0 spiro atoms. The zero-order valence-electron chi connectivity index (χ0n) is 13.1. The Kier molecular flexibility index (Phi) is 4.78. The van der Waals surface area contributed by atoms with Gasteiger partial charge < -0.3 is 20.1 Å². The lowest BCUT2D eigenvalue weighted by Gasteiger charge is -2.40. The van der Waals surface area contributed by atoms with Gasteiger partial charge in [0.05, 0.1) is 18.9 Å². The van der Waals surface area contributed by atoms with Crippen LogP contribution in [0.2, 0.25) is 0 Å². The maximum atomic E-state index is 13.4. The Hall–Kier alpha value is -2.01. The zero-order chi connectivity index (χ0) is 18.3. The van der Waals surface area contributed by atoms with Gasteiger partial charge in [0.2, 0.25) is 0 Å². The number of hydrogen-bond donors (Lipinski definition) is 3. The summed E-state index contributed by atoms with van der Waals surface area (Å²) >= 11 is 0. The molecule has 0 amide bonds. The topological polar surface area (TPSA) is 101 Å². The van der Waals surface area contributed by atoms with Crippen molar-refractivity contribution in [1.29, 1.82) is 0 Å². The molecule has 3 N–H and O–H groups in total. The average Bonchev–Trinajstić information content (AvgIpc) is 3.05. The van der Waals surface area contributed by atoms with Crippen LogP contribution in [-0.2, 0) is 4.74 Å². The maximum Gasteiger partial charge on any atom is 0.194 e. The van der Waals surface area contributed by atoms with Gasteiger partial charge in [0.1, 0.15) is 30.0 Å². The molecule has 1 fully saturated rings. The van der Waals surface area contributed by atoms with E-state index >= 15 is 0 Å². The van der Waals surface area contributed by atoms with Gasteiger partial charge in [-0.1, -0.05) is 5.21 Å². The van der Waals surface area contributed by atoms with Gasteiger partial charge in [-0.15, -0.1) is 5.10 Å². The molecule has 0 aliphatic carbocycles. The Labute approximate surface area is 140 Å². The molecule has 1 aliphatic rings. The number of nitrogens with zero attached hydrogens (tertiary/aromatic N) is 3. The third kappa shape index (κ3) is 3.13. The molecule has 2 unspecified atom stereocenters. The number of ether oxygens (including phenoxy) is 1. The Balaban J connectivity index is 1.95. The lowest BCUT2D eigenvalue weighted by atomic mass is 9.93. The third-order valence-electron chi connectivity index (χ3n) is 4.23. The molecule has 3 rings (SSSR count). The molecule has 0 radical (unpaired) electrons. The SMILES string of the molecule is C[C@H]1OC(CO)[C@H](O)[C@H](n2cc(-c3cc(F)c(F)c(F)c3)nn2)C1O. The molecule has 25 heavy (non-hydrogen) atoms. The van der Waals surface area contributed by atoms with Crippen molar-refractivity contribution in [3.8, 4) is 11.3 Å². The molecule has 1 aromatic heterocycles. The van der Waals surface area contributed by atoms with Crippen molar-refractivity contribution in [2.45, 2.75) is 37.4 Å². The Morgan fingerprint density at radius 3 is 2.40 bits per heavy atom. The molecular formula is C15H16F3N3O4. The summed E-state index contributed by atoms with van der Waals surface area (Å²) in [7, 11) is 0. The van der Waals surface area contributed by atoms with Crippen LogP contribution in [-0.4, -0.2) is 61.3 Å². The van der Waals surface area contributed by atoms with Crippen LogP contribution in [0.15, 0.2) is 18.3 Å². The van der Waals surface area contributed by atoms with Crippen molar-refractivity contribution in [3.05, 3.63) is 35.8 Å². The smallest absolute Gasteiger partial charge is 0.194 e. The number of hydrogen-bond acceptors (Lipinski definition) is 6. The fourth-order valence-corrected chi connectivity index (χ4v) is 2.86. The minimum atomic E-state index is -1.59. The van der Waals surface area contributed by atoms with E-state index in [1.165, 1.54) is 6.20 Å². The molecule has 7 nitrogen and oxygen atoms in total. The average molecular weight is 359 g/mol. The fourth-order valence-electron chi connectivity index (χ4n) is 2.86.